The molecule has 0 aliphatic carbocycles. The Balaban J connectivity index is 1.42. The number of nitrogens with zero attached hydrogens (tertiary/aromatic N) is 4. The minimum atomic E-state index is -3.42. The van der Waals surface area contributed by atoms with Crippen molar-refractivity contribution < 1.29 is 8.42 Å². The van der Waals surface area contributed by atoms with Gasteiger partial charge in [-0.2, -0.15) is 4.98 Å². The van der Waals surface area contributed by atoms with Gasteiger partial charge < -0.3 is 15.1 Å². The molecule has 2 aromatic carbocycles. The summed E-state index contributed by atoms with van der Waals surface area (Å²) in [6, 6.07) is 14.9. The second kappa shape index (κ2) is 8.42. The van der Waals surface area contributed by atoms with Crippen LogP contribution >= 0.6 is 23.2 Å². The first-order chi connectivity index (χ1) is 15.4. The van der Waals surface area contributed by atoms with Crippen LogP contribution in [0.5, 0.6) is 0 Å². The predicted molar refractivity (Wildman–Crippen MR) is 128 cm³/mol. The number of nitrogens with one attached hydrogen (secondary N) is 1. The molecule has 0 atom stereocenters. The van der Waals surface area contributed by atoms with Crippen LogP contribution in [-0.2, 0) is 16.3 Å². The van der Waals surface area contributed by atoms with E-state index in [1.165, 1.54) is 0 Å². The Kier molecular flexibility index (Phi) is 5.61. The lowest BCUT2D eigenvalue weighted by molar-refractivity contribution is 0.599. The van der Waals surface area contributed by atoms with Gasteiger partial charge in [0.2, 0.25) is 5.95 Å². The Morgan fingerprint density at radius 3 is 2.31 bits per heavy atom. The van der Waals surface area contributed by atoms with Crippen LogP contribution < -0.4 is 15.1 Å². The van der Waals surface area contributed by atoms with E-state index < -0.39 is 9.84 Å². The standard InChI is InChI=1S/C22H21Cl2N5O2S/c23-15-4-6-18(7-5-15)28-9-11-29(12-10-28)22-26-19-8-13-32(30,31)20(19)21(27-22)25-17-3-1-2-16(24)14-17/h1-7,14H,8-13H2,(H,25,26,27). The van der Waals surface area contributed by atoms with E-state index in [1.807, 2.05) is 30.3 Å². The molecule has 166 valence electrons. The third-order valence-corrected chi connectivity index (χ3v) is 7.96. The molecule has 1 fully saturated rings. The summed E-state index contributed by atoms with van der Waals surface area (Å²) >= 11 is 12.1. The van der Waals surface area contributed by atoms with Crippen molar-refractivity contribution >= 4 is 56.2 Å². The molecule has 0 radical (unpaired) electrons. The maximum atomic E-state index is 12.7. The number of benzene rings is 2. The topological polar surface area (TPSA) is 78.4 Å². The van der Waals surface area contributed by atoms with Gasteiger partial charge >= 0.3 is 0 Å². The number of aryl methyl sites for hydroxylation is 1. The van der Waals surface area contributed by atoms with E-state index in [0.717, 1.165) is 31.9 Å². The molecular formula is C22H21Cl2N5O2S. The lowest BCUT2D eigenvalue weighted by Gasteiger charge is -2.36. The summed E-state index contributed by atoms with van der Waals surface area (Å²) in [7, 11) is -3.42. The number of fused-ring (bicyclic) bond motifs is 1. The van der Waals surface area contributed by atoms with E-state index in [1.54, 1.807) is 18.2 Å². The molecule has 2 aliphatic rings. The maximum Gasteiger partial charge on any atom is 0.227 e. The van der Waals surface area contributed by atoms with Crippen LogP contribution in [0.1, 0.15) is 5.69 Å². The van der Waals surface area contributed by atoms with Crippen molar-refractivity contribution in [2.75, 3.05) is 47.0 Å². The number of rotatable bonds is 4. The van der Waals surface area contributed by atoms with Crippen LogP contribution in [0.15, 0.2) is 53.4 Å². The molecule has 3 heterocycles. The largest absolute Gasteiger partial charge is 0.368 e. The van der Waals surface area contributed by atoms with Crippen LogP contribution in [0.4, 0.5) is 23.1 Å². The van der Waals surface area contributed by atoms with Gasteiger partial charge in [0, 0.05) is 54.0 Å². The van der Waals surface area contributed by atoms with Crippen molar-refractivity contribution in [3.63, 3.8) is 0 Å². The normalized spacial score (nSPS) is 17.3. The lowest BCUT2D eigenvalue weighted by Crippen LogP contribution is -2.47. The van der Waals surface area contributed by atoms with E-state index >= 15 is 0 Å². The number of sulfone groups is 1. The maximum absolute atomic E-state index is 12.7. The van der Waals surface area contributed by atoms with Gasteiger partial charge in [0.15, 0.2) is 15.7 Å². The first kappa shape index (κ1) is 21.3. The summed E-state index contributed by atoms with van der Waals surface area (Å²) in [6.07, 6.45) is 0.391. The van der Waals surface area contributed by atoms with Crippen molar-refractivity contribution in [1.29, 1.82) is 0 Å². The Morgan fingerprint density at radius 1 is 0.875 bits per heavy atom. The molecule has 0 amide bonds. The first-order valence-electron chi connectivity index (χ1n) is 10.3. The predicted octanol–water partition coefficient (Wildman–Crippen LogP) is 4.18. The van der Waals surface area contributed by atoms with Gasteiger partial charge in [0.25, 0.3) is 0 Å². The number of anilines is 4. The molecule has 1 N–H and O–H groups in total. The lowest BCUT2D eigenvalue weighted by atomic mass is 10.2. The quantitative estimate of drug-likeness (QED) is 0.588. The van der Waals surface area contributed by atoms with Gasteiger partial charge in [-0.3, -0.25) is 0 Å². The fourth-order valence-corrected chi connectivity index (χ4v) is 5.94. The Morgan fingerprint density at radius 2 is 1.59 bits per heavy atom. The smallest absolute Gasteiger partial charge is 0.227 e. The summed E-state index contributed by atoms with van der Waals surface area (Å²) in [5.41, 5.74) is 2.37. The fraction of sp³-hybridized carbons (Fsp3) is 0.273. The van der Waals surface area contributed by atoms with Crippen LogP contribution in [0.2, 0.25) is 10.0 Å². The highest BCUT2D eigenvalue weighted by atomic mass is 35.5. The van der Waals surface area contributed by atoms with Crippen LogP contribution in [0.3, 0.4) is 0 Å². The average Bonchev–Trinajstić information content (AvgIpc) is 3.09. The van der Waals surface area contributed by atoms with E-state index in [9.17, 15) is 8.42 Å². The van der Waals surface area contributed by atoms with Crippen LogP contribution in [0, 0.1) is 0 Å². The Labute approximate surface area is 196 Å². The molecule has 32 heavy (non-hydrogen) atoms. The Hall–Kier alpha value is -2.55. The van der Waals surface area contributed by atoms with Crippen LogP contribution in [0.25, 0.3) is 0 Å². The SMILES string of the molecule is O=S1(=O)CCc2nc(N3CCN(c4ccc(Cl)cc4)CC3)nc(Nc3cccc(Cl)c3)c21. The van der Waals surface area contributed by atoms with Gasteiger partial charge in [-0.05, 0) is 42.5 Å². The van der Waals surface area contributed by atoms with Crippen molar-refractivity contribution in [2.45, 2.75) is 11.3 Å². The summed E-state index contributed by atoms with van der Waals surface area (Å²) in [6.45, 7) is 3.06. The van der Waals surface area contributed by atoms with Gasteiger partial charge in [-0.15, -0.1) is 0 Å². The van der Waals surface area contributed by atoms with Crippen molar-refractivity contribution in [1.82, 2.24) is 9.97 Å². The van der Waals surface area contributed by atoms with E-state index in [-0.39, 0.29) is 10.6 Å². The molecule has 0 saturated carbocycles. The van der Waals surface area contributed by atoms with Crippen molar-refractivity contribution in [3.05, 3.63) is 64.3 Å². The van der Waals surface area contributed by atoms with Gasteiger partial charge in [0.05, 0.1) is 11.4 Å². The molecule has 0 unspecified atom stereocenters. The molecule has 5 rings (SSSR count). The summed E-state index contributed by atoms with van der Waals surface area (Å²) < 4.78 is 25.3. The molecule has 3 aromatic rings. The monoisotopic (exact) mass is 489 g/mol. The van der Waals surface area contributed by atoms with Gasteiger partial charge in [0.1, 0.15) is 4.90 Å². The number of hydrogen-bond acceptors (Lipinski definition) is 7. The number of halogens is 2. The molecule has 10 heteroatoms. The van der Waals surface area contributed by atoms with Gasteiger partial charge in [-0.1, -0.05) is 29.3 Å². The van der Waals surface area contributed by atoms with E-state index in [2.05, 4.69) is 25.1 Å². The van der Waals surface area contributed by atoms with E-state index in [0.29, 0.717) is 39.6 Å². The van der Waals surface area contributed by atoms with Crippen molar-refractivity contribution in [3.8, 4) is 0 Å². The minimum Gasteiger partial charge on any atom is -0.368 e. The van der Waals surface area contributed by atoms with Crippen LogP contribution in [-0.4, -0.2) is 50.3 Å². The minimum absolute atomic E-state index is 0.0506. The Bertz CT molecular complexity index is 1260. The zero-order chi connectivity index (χ0) is 22.3. The van der Waals surface area contributed by atoms with Gasteiger partial charge in [-0.25, -0.2) is 13.4 Å². The highest BCUT2D eigenvalue weighted by molar-refractivity contribution is 7.91. The third kappa shape index (κ3) is 4.22. The van der Waals surface area contributed by atoms with E-state index in [4.69, 9.17) is 23.2 Å². The highest BCUT2D eigenvalue weighted by Gasteiger charge is 2.34. The molecular weight excluding hydrogens is 469 g/mol. The number of piperazine rings is 1. The number of hydrogen-bond donors (Lipinski definition) is 1. The average molecular weight is 490 g/mol. The molecule has 2 aliphatic heterocycles. The summed E-state index contributed by atoms with van der Waals surface area (Å²) in [5.74, 6) is 0.903. The summed E-state index contributed by atoms with van der Waals surface area (Å²) in [5, 5.41) is 4.43. The molecule has 7 nitrogen and oxygen atoms in total. The van der Waals surface area contributed by atoms with Crippen molar-refractivity contribution in [2.24, 2.45) is 0 Å². The molecule has 0 spiro atoms. The molecule has 0 bridgehead atoms. The third-order valence-electron chi connectivity index (χ3n) is 5.68. The molecule has 1 saturated heterocycles. The molecule has 1 aromatic heterocycles. The second-order valence-electron chi connectivity index (χ2n) is 7.80. The first-order valence-corrected chi connectivity index (χ1v) is 12.7. The zero-order valence-corrected chi connectivity index (χ0v) is 19.5. The fourth-order valence-electron chi connectivity index (χ4n) is 4.06. The highest BCUT2D eigenvalue weighted by Crippen LogP contribution is 2.34. The zero-order valence-electron chi connectivity index (χ0n) is 17.1. The summed E-state index contributed by atoms with van der Waals surface area (Å²) in [4.78, 5) is 13.9. The second-order valence-corrected chi connectivity index (χ2v) is 10.7. The number of aromatic nitrogens is 2.